The molecular weight excluding hydrogens is 338 g/mol. The van der Waals surface area contributed by atoms with Crippen molar-refractivity contribution >= 4 is 6.16 Å². The van der Waals surface area contributed by atoms with Crippen molar-refractivity contribution in [3.8, 4) is 0 Å². The zero-order chi connectivity index (χ0) is 20.4. The second-order valence-electron chi connectivity index (χ2n) is 7.36. The molecule has 0 rings (SSSR count). The Kier molecular flexibility index (Phi) is 28.9. The SMILES string of the molecule is CCCCCCCCCCNC.CCCCCCCCCCOC(=O)OC. The first-order valence-corrected chi connectivity index (χ1v) is 11.6. The molecule has 1 N–H and O–H groups in total. The summed E-state index contributed by atoms with van der Waals surface area (Å²) in [6.45, 7) is 6.17. The number of hydrogen-bond acceptors (Lipinski definition) is 4. The Hall–Kier alpha value is -0.770. The van der Waals surface area contributed by atoms with E-state index in [1.54, 1.807) is 0 Å². The van der Waals surface area contributed by atoms with E-state index in [0.29, 0.717) is 6.61 Å². The summed E-state index contributed by atoms with van der Waals surface area (Å²) in [6, 6.07) is 0. The summed E-state index contributed by atoms with van der Waals surface area (Å²) in [7, 11) is 3.36. The number of unbranched alkanes of at least 4 members (excludes halogenated alkanes) is 14. The fourth-order valence-corrected chi connectivity index (χ4v) is 2.89. The molecule has 0 radical (unpaired) electrons. The molecule has 0 spiro atoms. The average Bonchev–Trinajstić information content (AvgIpc) is 2.69. The predicted octanol–water partition coefficient (Wildman–Crippen LogP) is 7.26. The lowest BCUT2D eigenvalue weighted by Crippen LogP contribution is -2.06. The van der Waals surface area contributed by atoms with Crippen LogP contribution >= 0.6 is 0 Å². The van der Waals surface area contributed by atoms with E-state index in [9.17, 15) is 4.79 Å². The van der Waals surface area contributed by atoms with Crippen molar-refractivity contribution in [2.75, 3.05) is 27.3 Å². The van der Waals surface area contributed by atoms with Crippen LogP contribution in [0.15, 0.2) is 0 Å². The summed E-state index contributed by atoms with van der Waals surface area (Å²) in [5, 5.41) is 3.18. The minimum absolute atomic E-state index is 0.488. The van der Waals surface area contributed by atoms with Gasteiger partial charge >= 0.3 is 6.16 Å². The van der Waals surface area contributed by atoms with Crippen molar-refractivity contribution in [1.82, 2.24) is 5.32 Å². The molecule has 0 unspecified atom stereocenters. The van der Waals surface area contributed by atoms with Gasteiger partial charge in [0.1, 0.15) is 0 Å². The topological polar surface area (TPSA) is 47.6 Å². The van der Waals surface area contributed by atoms with Crippen LogP contribution in [-0.2, 0) is 9.47 Å². The molecule has 4 heteroatoms. The minimum Gasteiger partial charge on any atom is -0.438 e. The van der Waals surface area contributed by atoms with Crippen LogP contribution in [0.1, 0.15) is 117 Å². The van der Waals surface area contributed by atoms with Gasteiger partial charge < -0.3 is 14.8 Å². The lowest BCUT2D eigenvalue weighted by molar-refractivity contribution is 0.0713. The highest BCUT2D eigenvalue weighted by atomic mass is 16.7. The third-order valence-electron chi connectivity index (χ3n) is 4.66. The second kappa shape index (κ2) is 27.4. The van der Waals surface area contributed by atoms with Crippen molar-refractivity contribution in [3.05, 3.63) is 0 Å². The number of carbonyl (C=O) groups excluding carboxylic acids is 1. The van der Waals surface area contributed by atoms with Crippen LogP contribution in [0, 0.1) is 0 Å². The highest BCUT2D eigenvalue weighted by molar-refractivity contribution is 5.59. The molecule has 0 bridgehead atoms. The standard InChI is InChI=1S/C12H24O3.C11H25N/c1-3-4-5-6-7-8-9-10-11-15-12(13)14-2;1-3-4-5-6-7-8-9-10-11-12-2/h3-11H2,1-2H3;12H,3-11H2,1-2H3. The normalized spacial score (nSPS) is 10.2. The molecule has 0 aromatic carbocycles. The van der Waals surface area contributed by atoms with Crippen molar-refractivity contribution in [3.63, 3.8) is 0 Å². The number of carbonyl (C=O) groups is 1. The quantitative estimate of drug-likeness (QED) is 0.199. The number of hydrogen-bond donors (Lipinski definition) is 1. The number of ether oxygens (including phenoxy) is 2. The average molecular weight is 388 g/mol. The Balaban J connectivity index is 0. The lowest BCUT2D eigenvalue weighted by atomic mass is 10.1. The first-order valence-electron chi connectivity index (χ1n) is 11.6. The van der Waals surface area contributed by atoms with Crippen LogP contribution in [0.4, 0.5) is 4.79 Å². The third-order valence-corrected chi connectivity index (χ3v) is 4.66. The molecule has 0 aromatic rings. The van der Waals surface area contributed by atoms with E-state index in [1.807, 2.05) is 7.05 Å². The van der Waals surface area contributed by atoms with Gasteiger partial charge in [0.05, 0.1) is 13.7 Å². The number of methoxy groups -OCH3 is 1. The molecule has 0 aliphatic heterocycles. The smallest absolute Gasteiger partial charge is 0.438 e. The molecule has 0 heterocycles. The molecule has 0 atom stereocenters. The van der Waals surface area contributed by atoms with Crippen molar-refractivity contribution in [1.29, 1.82) is 0 Å². The van der Waals surface area contributed by atoms with Gasteiger partial charge in [-0.25, -0.2) is 4.79 Å². The summed E-state index contributed by atoms with van der Waals surface area (Å²) in [5.74, 6) is 0. The van der Waals surface area contributed by atoms with E-state index in [-0.39, 0.29) is 0 Å². The fourth-order valence-electron chi connectivity index (χ4n) is 2.89. The van der Waals surface area contributed by atoms with Crippen LogP contribution in [0.25, 0.3) is 0 Å². The molecule has 164 valence electrons. The van der Waals surface area contributed by atoms with E-state index in [0.717, 1.165) is 12.8 Å². The van der Waals surface area contributed by atoms with Gasteiger partial charge in [-0.15, -0.1) is 0 Å². The van der Waals surface area contributed by atoms with E-state index in [4.69, 9.17) is 4.74 Å². The number of nitrogens with one attached hydrogen (secondary N) is 1. The van der Waals surface area contributed by atoms with E-state index >= 15 is 0 Å². The molecule has 27 heavy (non-hydrogen) atoms. The maximum atomic E-state index is 10.6. The van der Waals surface area contributed by atoms with Gasteiger partial charge in [0, 0.05) is 0 Å². The second-order valence-corrected chi connectivity index (χ2v) is 7.36. The fraction of sp³-hybridized carbons (Fsp3) is 0.957. The Morgan fingerprint density at radius 1 is 0.667 bits per heavy atom. The minimum atomic E-state index is -0.571. The van der Waals surface area contributed by atoms with Crippen molar-refractivity contribution in [2.45, 2.75) is 117 Å². The summed E-state index contributed by atoms with van der Waals surface area (Å²) in [6.07, 6.45) is 20.7. The summed E-state index contributed by atoms with van der Waals surface area (Å²) >= 11 is 0. The summed E-state index contributed by atoms with van der Waals surface area (Å²) in [4.78, 5) is 10.6. The van der Waals surface area contributed by atoms with Crippen molar-refractivity contribution in [2.24, 2.45) is 0 Å². The van der Waals surface area contributed by atoms with Gasteiger partial charge in [-0.2, -0.15) is 0 Å². The molecule has 0 saturated heterocycles. The zero-order valence-electron chi connectivity index (χ0n) is 19.0. The van der Waals surface area contributed by atoms with Gasteiger partial charge in [-0.1, -0.05) is 104 Å². The van der Waals surface area contributed by atoms with Gasteiger partial charge in [0.15, 0.2) is 0 Å². The van der Waals surface area contributed by atoms with E-state index in [2.05, 4.69) is 23.9 Å². The summed E-state index contributed by atoms with van der Waals surface area (Å²) in [5.41, 5.74) is 0. The number of rotatable bonds is 18. The molecule has 4 nitrogen and oxygen atoms in total. The summed E-state index contributed by atoms with van der Waals surface area (Å²) < 4.78 is 9.14. The first-order chi connectivity index (χ1) is 13.2. The highest BCUT2D eigenvalue weighted by Gasteiger charge is 1.98. The first kappa shape index (κ1) is 28.4. The van der Waals surface area contributed by atoms with Crippen LogP contribution in [0.2, 0.25) is 0 Å². The molecule has 0 saturated carbocycles. The van der Waals surface area contributed by atoms with Crippen LogP contribution in [0.5, 0.6) is 0 Å². The molecule has 0 amide bonds. The van der Waals surface area contributed by atoms with Gasteiger partial charge in [0.2, 0.25) is 0 Å². The van der Waals surface area contributed by atoms with Gasteiger partial charge in [0.25, 0.3) is 0 Å². The highest BCUT2D eigenvalue weighted by Crippen LogP contribution is 2.08. The van der Waals surface area contributed by atoms with Crippen LogP contribution in [-0.4, -0.2) is 33.5 Å². The largest absolute Gasteiger partial charge is 0.507 e. The van der Waals surface area contributed by atoms with Crippen LogP contribution in [0.3, 0.4) is 0 Å². The Bertz CT molecular complexity index is 262. The Morgan fingerprint density at radius 2 is 1.07 bits per heavy atom. The van der Waals surface area contributed by atoms with Gasteiger partial charge in [-0.3, -0.25) is 0 Å². The molecular formula is C23H49NO3. The molecule has 0 aromatic heterocycles. The monoisotopic (exact) mass is 387 g/mol. The third kappa shape index (κ3) is 30.2. The Morgan fingerprint density at radius 3 is 1.48 bits per heavy atom. The predicted molar refractivity (Wildman–Crippen MR) is 118 cm³/mol. The molecule has 0 aliphatic carbocycles. The lowest BCUT2D eigenvalue weighted by Gasteiger charge is -2.03. The maximum absolute atomic E-state index is 10.6. The molecule has 0 fully saturated rings. The van der Waals surface area contributed by atoms with Crippen LogP contribution < -0.4 is 5.32 Å². The molecule has 0 aliphatic rings. The van der Waals surface area contributed by atoms with Gasteiger partial charge in [-0.05, 0) is 26.4 Å². The Labute approximate surface area is 170 Å². The van der Waals surface area contributed by atoms with Crippen molar-refractivity contribution < 1.29 is 14.3 Å². The maximum Gasteiger partial charge on any atom is 0.507 e. The zero-order valence-corrected chi connectivity index (χ0v) is 19.0. The van der Waals surface area contributed by atoms with E-state index < -0.39 is 6.16 Å². The van der Waals surface area contributed by atoms with E-state index in [1.165, 1.54) is 104 Å².